The van der Waals surface area contributed by atoms with Crippen molar-refractivity contribution in [3.05, 3.63) is 23.8 Å². The number of para-hydroxylation sites is 1. The van der Waals surface area contributed by atoms with E-state index in [0.29, 0.717) is 12.4 Å². The van der Waals surface area contributed by atoms with Crippen LogP contribution >= 0.6 is 15.9 Å². The van der Waals surface area contributed by atoms with E-state index in [2.05, 4.69) is 15.9 Å². The molecule has 4 heteroatoms. The zero-order chi connectivity index (χ0) is 11.4. The lowest BCUT2D eigenvalue weighted by Gasteiger charge is -2.10. The van der Waals surface area contributed by atoms with Gasteiger partial charge in [0.2, 0.25) is 0 Å². The first-order valence-corrected chi connectivity index (χ1v) is 5.62. The van der Waals surface area contributed by atoms with Gasteiger partial charge in [0, 0.05) is 0 Å². The smallest absolute Gasteiger partial charge is 0.180 e. The van der Waals surface area contributed by atoms with Gasteiger partial charge in [0.05, 0.1) is 17.0 Å². The van der Waals surface area contributed by atoms with Gasteiger partial charge in [-0.15, -0.1) is 0 Å². The van der Waals surface area contributed by atoms with Gasteiger partial charge in [-0.2, -0.15) is 0 Å². The van der Waals surface area contributed by atoms with Gasteiger partial charge in [-0.05, 0) is 26.0 Å². The van der Waals surface area contributed by atoms with Crippen LogP contribution in [0.15, 0.2) is 18.2 Å². The minimum absolute atomic E-state index is 0.0874. The fourth-order valence-corrected chi connectivity index (χ4v) is 1.45. The third-order valence-electron chi connectivity index (χ3n) is 1.93. The van der Waals surface area contributed by atoms with Crippen molar-refractivity contribution in [1.82, 2.24) is 0 Å². The number of halogens is 1. The monoisotopic (exact) mass is 272 g/mol. The quantitative estimate of drug-likeness (QED) is 0.677. The molecule has 1 atom stereocenters. The lowest BCUT2D eigenvalue weighted by Crippen LogP contribution is -2.10. The summed E-state index contributed by atoms with van der Waals surface area (Å²) in [5.41, 5.74) is 0.283. The molecule has 0 amide bonds. The van der Waals surface area contributed by atoms with Crippen molar-refractivity contribution in [3.8, 4) is 11.5 Å². The number of phenols is 1. The first kappa shape index (κ1) is 12.0. The van der Waals surface area contributed by atoms with E-state index in [1.165, 1.54) is 0 Å². The number of alkyl halides is 1. The van der Waals surface area contributed by atoms with Gasteiger partial charge in [-0.1, -0.05) is 22.0 Å². The van der Waals surface area contributed by atoms with E-state index in [4.69, 9.17) is 4.74 Å². The molecule has 0 radical (unpaired) electrons. The van der Waals surface area contributed by atoms with E-state index in [9.17, 15) is 9.90 Å². The lowest BCUT2D eigenvalue weighted by molar-refractivity contribution is 0.0992. The van der Waals surface area contributed by atoms with E-state index in [-0.39, 0.29) is 21.9 Å². The lowest BCUT2D eigenvalue weighted by atomic mass is 10.1. The molecule has 1 unspecified atom stereocenters. The second-order valence-electron chi connectivity index (χ2n) is 3.07. The average Bonchev–Trinajstić information content (AvgIpc) is 2.20. The highest BCUT2D eigenvalue weighted by Gasteiger charge is 2.18. The van der Waals surface area contributed by atoms with Crippen LogP contribution in [0.5, 0.6) is 11.5 Å². The molecule has 0 aliphatic carbocycles. The number of hydrogen-bond acceptors (Lipinski definition) is 3. The number of carbonyl (C=O) groups is 1. The Labute approximate surface area is 97.2 Å². The summed E-state index contributed by atoms with van der Waals surface area (Å²) in [6.07, 6.45) is 0. The SMILES string of the molecule is CCOc1cccc(C(=O)C(C)Br)c1O. The Hall–Kier alpha value is -1.03. The molecule has 0 heterocycles. The maximum absolute atomic E-state index is 11.7. The summed E-state index contributed by atoms with van der Waals surface area (Å²) >= 11 is 3.17. The zero-order valence-electron chi connectivity index (χ0n) is 8.66. The topological polar surface area (TPSA) is 46.5 Å². The van der Waals surface area contributed by atoms with Crippen LogP contribution in [0.25, 0.3) is 0 Å². The molecule has 1 aromatic carbocycles. The third-order valence-corrected chi connectivity index (χ3v) is 2.34. The molecule has 0 fully saturated rings. The van der Waals surface area contributed by atoms with E-state index >= 15 is 0 Å². The molecule has 1 N–H and O–H groups in total. The van der Waals surface area contributed by atoms with Crippen molar-refractivity contribution in [2.24, 2.45) is 0 Å². The highest BCUT2D eigenvalue weighted by Crippen LogP contribution is 2.31. The fourth-order valence-electron chi connectivity index (χ4n) is 1.21. The van der Waals surface area contributed by atoms with Crippen LogP contribution in [0, 0.1) is 0 Å². The Kier molecular flexibility index (Phi) is 4.15. The summed E-state index contributed by atoms with van der Waals surface area (Å²) in [6, 6.07) is 4.90. The predicted octanol–water partition coefficient (Wildman–Crippen LogP) is 2.76. The second kappa shape index (κ2) is 5.16. The Balaban J connectivity index is 3.09. The van der Waals surface area contributed by atoms with Crippen LogP contribution < -0.4 is 4.74 Å². The van der Waals surface area contributed by atoms with Crippen LogP contribution in [0.4, 0.5) is 0 Å². The summed E-state index contributed by atoms with van der Waals surface area (Å²) < 4.78 is 5.19. The number of carbonyl (C=O) groups excluding carboxylic acids is 1. The van der Waals surface area contributed by atoms with Gasteiger partial charge in [0.25, 0.3) is 0 Å². The van der Waals surface area contributed by atoms with Crippen LogP contribution in [0.2, 0.25) is 0 Å². The molecule has 0 aliphatic rings. The summed E-state index contributed by atoms with van der Waals surface area (Å²) in [5, 5.41) is 9.77. The Morgan fingerprint density at radius 2 is 2.27 bits per heavy atom. The van der Waals surface area contributed by atoms with Crippen molar-refractivity contribution < 1.29 is 14.6 Å². The number of hydrogen-bond donors (Lipinski definition) is 1. The Bertz CT molecular complexity index is 361. The van der Waals surface area contributed by atoms with E-state index in [1.54, 1.807) is 25.1 Å². The molecular formula is C11H13BrO3. The molecule has 0 aromatic heterocycles. The van der Waals surface area contributed by atoms with E-state index in [0.717, 1.165) is 0 Å². The Morgan fingerprint density at radius 1 is 1.60 bits per heavy atom. The predicted molar refractivity (Wildman–Crippen MR) is 62.0 cm³/mol. The average molecular weight is 273 g/mol. The van der Waals surface area contributed by atoms with Gasteiger partial charge < -0.3 is 9.84 Å². The van der Waals surface area contributed by atoms with E-state index in [1.807, 2.05) is 6.92 Å². The molecule has 3 nitrogen and oxygen atoms in total. The first-order valence-electron chi connectivity index (χ1n) is 4.71. The molecule has 0 saturated carbocycles. The molecular weight excluding hydrogens is 260 g/mol. The number of Topliss-reactive ketones (excluding diaryl/α,β-unsaturated/α-hetero) is 1. The molecule has 0 aliphatic heterocycles. The highest BCUT2D eigenvalue weighted by molar-refractivity contribution is 9.10. The fraction of sp³-hybridized carbons (Fsp3) is 0.364. The number of rotatable bonds is 4. The zero-order valence-corrected chi connectivity index (χ0v) is 10.2. The van der Waals surface area contributed by atoms with Crippen molar-refractivity contribution in [2.45, 2.75) is 18.7 Å². The van der Waals surface area contributed by atoms with Crippen molar-refractivity contribution >= 4 is 21.7 Å². The van der Waals surface area contributed by atoms with Crippen molar-refractivity contribution in [2.75, 3.05) is 6.61 Å². The Morgan fingerprint density at radius 3 is 2.80 bits per heavy atom. The summed E-state index contributed by atoms with van der Waals surface area (Å²) in [5.74, 6) is 0.0983. The molecule has 15 heavy (non-hydrogen) atoms. The van der Waals surface area contributed by atoms with Crippen LogP contribution in [0.3, 0.4) is 0 Å². The summed E-state index contributed by atoms with van der Waals surface area (Å²) in [7, 11) is 0. The summed E-state index contributed by atoms with van der Waals surface area (Å²) in [4.78, 5) is 11.3. The maximum atomic E-state index is 11.7. The van der Waals surface area contributed by atoms with Gasteiger partial charge in [-0.25, -0.2) is 0 Å². The van der Waals surface area contributed by atoms with Gasteiger partial charge in [0.15, 0.2) is 17.3 Å². The van der Waals surface area contributed by atoms with Gasteiger partial charge in [0.1, 0.15) is 0 Å². The molecule has 0 bridgehead atoms. The number of benzene rings is 1. The van der Waals surface area contributed by atoms with Crippen LogP contribution in [0.1, 0.15) is 24.2 Å². The minimum Gasteiger partial charge on any atom is -0.504 e. The number of aromatic hydroxyl groups is 1. The summed E-state index contributed by atoms with van der Waals surface area (Å²) in [6.45, 7) is 3.99. The second-order valence-corrected chi connectivity index (χ2v) is 4.44. The number of phenolic OH excluding ortho intramolecular Hbond substituents is 1. The van der Waals surface area contributed by atoms with Gasteiger partial charge in [-0.3, -0.25) is 4.79 Å². The van der Waals surface area contributed by atoms with Crippen molar-refractivity contribution in [3.63, 3.8) is 0 Å². The molecule has 0 spiro atoms. The van der Waals surface area contributed by atoms with Crippen LogP contribution in [-0.4, -0.2) is 22.3 Å². The van der Waals surface area contributed by atoms with Gasteiger partial charge >= 0.3 is 0 Å². The minimum atomic E-state index is -0.319. The highest BCUT2D eigenvalue weighted by atomic mass is 79.9. The molecule has 0 saturated heterocycles. The normalized spacial score (nSPS) is 12.2. The number of ketones is 1. The maximum Gasteiger partial charge on any atom is 0.180 e. The number of ether oxygens (including phenoxy) is 1. The molecule has 82 valence electrons. The van der Waals surface area contributed by atoms with Crippen molar-refractivity contribution in [1.29, 1.82) is 0 Å². The largest absolute Gasteiger partial charge is 0.504 e. The van der Waals surface area contributed by atoms with E-state index < -0.39 is 0 Å². The standard InChI is InChI=1S/C11H13BrO3/c1-3-15-9-6-4-5-8(11(9)14)10(13)7(2)12/h4-7,14H,3H2,1-2H3. The first-order chi connectivity index (χ1) is 7.07. The molecule has 1 aromatic rings. The molecule has 1 rings (SSSR count). The third kappa shape index (κ3) is 2.72. The van der Waals surface area contributed by atoms with Crippen LogP contribution in [-0.2, 0) is 0 Å².